The number of amides is 1. The van der Waals surface area contributed by atoms with Gasteiger partial charge in [-0.05, 0) is 24.3 Å². The zero-order valence-corrected chi connectivity index (χ0v) is 16.8. The van der Waals surface area contributed by atoms with Crippen LogP contribution in [0.15, 0.2) is 59.6 Å². The topological polar surface area (TPSA) is 60.0 Å². The van der Waals surface area contributed by atoms with Gasteiger partial charge < -0.3 is 20.4 Å². The lowest BCUT2D eigenvalue weighted by Crippen LogP contribution is -2.53. The molecule has 1 aliphatic rings. The van der Waals surface area contributed by atoms with Crippen LogP contribution in [0.2, 0.25) is 5.02 Å². The Morgan fingerprint density at radius 1 is 0.964 bits per heavy atom. The van der Waals surface area contributed by atoms with Crippen molar-refractivity contribution >= 4 is 29.2 Å². The highest BCUT2D eigenvalue weighted by Crippen LogP contribution is 2.16. The molecule has 7 heteroatoms. The maximum absolute atomic E-state index is 12.2. The average Bonchev–Trinajstić information content (AvgIpc) is 2.75. The molecule has 1 saturated heterocycles. The fourth-order valence-electron chi connectivity index (χ4n) is 3.24. The second kappa shape index (κ2) is 9.99. The molecular weight excluding hydrogens is 374 g/mol. The van der Waals surface area contributed by atoms with Crippen molar-refractivity contribution in [2.24, 2.45) is 4.99 Å². The van der Waals surface area contributed by atoms with Gasteiger partial charge >= 0.3 is 0 Å². The number of guanidine groups is 1. The molecule has 2 N–H and O–H groups in total. The first-order valence-corrected chi connectivity index (χ1v) is 9.85. The van der Waals surface area contributed by atoms with Crippen molar-refractivity contribution in [1.82, 2.24) is 15.5 Å². The van der Waals surface area contributed by atoms with E-state index in [0.29, 0.717) is 23.7 Å². The second-order valence-corrected chi connectivity index (χ2v) is 6.93. The largest absolute Gasteiger partial charge is 0.368 e. The van der Waals surface area contributed by atoms with Crippen LogP contribution in [0.4, 0.5) is 5.69 Å². The molecule has 28 heavy (non-hydrogen) atoms. The first-order valence-electron chi connectivity index (χ1n) is 9.47. The Bertz CT molecular complexity index is 803. The minimum absolute atomic E-state index is 0.168. The number of nitrogens with zero attached hydrogens (tertiary/aromatic N) is 3. The molecule has 0 unspecified atom stereocenters. The summed E-state index contributed by atoms with van der Waals surface area (Å²) < 4.78 is 0. The monoisotopic (exact) mass is 399 g/mol. The summed E-state index contributed by atoms with van der Waals surface area (Å²) in [5, 5.41) is 6.67. The standard InChI is InChI=1S/C21H26ClN5O/c1-23-21(25-12-11-24-20(28)18-9-5-6-10-19(18)22)27-15-13-26(14-16-27)17-7-3-2-4-8-17/h2-10H,11-16H2,1H3,(H,23,25)(H,24,28). The van der Waals surface area contributed by atoms with Gasteiger partial charge in [-0.3, -0.25) is 9.79 Å². The molecule has 0 spiro atoms. The molecule has 3 rings (SSSR count). The van der Waals surface area contributed by atoms with Crippen molar-refractivity contribution < 1.29 is 4.79 Å². The van der Waals surface area contributed by atoms with E-state index in [-0.39, 0.29) is 5.91 Å². The Balaban J connectivity index is 1.42. The first kappa shape index (κ1) is 20.0. The van der Waals surface area contributed by atoms with E-state index in [4.69, 9.17) is 11.6 Å². The number of halogens is 1. The molecular formula is C21H26ClN5O. The zero-order valence-electron chi connectivity index (χ0n) is 16.1. The lowest BCUT2D eigenvalue weighted by Gasteiger charge is -2.37. The third-order valence-electron chi connectivity index (χ3n) is 4.72. The maximum atomic E-state index is 12.2. The number of hydrogen-bond donors (Lipinski definition) is 2. The molecule has 1 aliphatic heterocycles. The molecule has 0 atom stereocenters. The molecule has 2 aromatic rings. The second-order valence-electron chi connectivity index (χ2n) is 6.52. The van der Waals surface area contributed by atoms with Gasteiger partial charge in [0.05, 0.1) is 10.6 Å². The van der Waals surface area contributed by atoms with E-state index in [1.54, 1.807) is 25.2 Å². The number of rotatable bonds is 5. The zero-order chi connectivity index (χ0) is 19.8. The van der Waals surface area contributed by atoms with E-state index >= 15 is 0 Å². The molecule has 1 heterocycles. The van der Waals surface area contributed by atoms with E-state index in [0.717, 1.165) is 32.1 Å². The summed E-state index contributed by atoms with van der Waals surface area (Å²) in [5.74, 6) is 0.693. The van der Waals surface area contributed by atoms with Crippen LogP contribution in [0.25, 0.3) is 0 Å². The summed E-state index contributed by atoms with van der Waals surface area (Å²) in [5.41, 5.74) is 1.75. The first-order chi connectivity index (χ1) is 13.7. The number of benzene rings is 2. The normalized spacial score (nSPS) is 14.7. The van der Waals surface area contributed by atoms with Crippen molar-refractivity contribution in [1.29, 1.82) is 0 Å². The summed E-state index contributed by atoms with van der Waals surface area (Å²) in [6, 6.07) is 17.5. The molecule has 1 fully saturated rings. The van der Waals surface area contributed by atoms with Crippen LogP contribution in [0.1, 0.15) is 10.4 Å². The van der Waals surface area contributed by atoms with E-state index in [1.165, 1.54) is 5.69 Å². The van der Waals surface area contributed by atoms with E-state index < -0.39 is 0 Å². The van der Waals surface area contributed by atoms with Crippen molar-refractivity contribution in [3.8, 4) is 0 Å². The van der Waals surface area contributed by atoms with Gasteiger partial charge in [0.2, 0.25) is 0 Å². The van der Waals surface area contributed by atoms with Gasteiger partial charge in [0.15, 0.2) is 5.96 Å². The molecule has 0 saturated carbocycles. The third-order valence-corrected chi connectivity index (χ3v) is 5.05. The van der Waals surface area contributed by atoms with Gasteiger partial charge in [0, 0.05) is 52.0 Å². The summed E-state index contributed by atoms with van der Waals surface area (Å²) >= 11 is 6.06. The van der Waals surface area contributed by atoms with Crippen LogP contribution in [0, 0.1) is 0 Å². The smallest absolute Gasteiger partial charge is 0.252 e. The number of carbonyl (C=O) groups excluding carboxylic acids is 1. The van der Waals surface area contributed by atoms with Crippen molar-refractivity contribution in [3.63, 3.8) is 0 Å². The predicted octanol–water partition coefficient (Wildman–Crippen LogP) is 2.47. The number of nitrogens with one attached hydrogen (secondary N) is 2. The Labute approximate surface area is 171 Å². The minimum Gasteiger partial charge on any atom is -0.368 e. The number of para-hydroxylation sites is 1. The van der Waals surface area contributed by atoms with Crippen LogP contribution in [-0.2, 0) is 0 Å². The summed E-state index contributed by atoms with van der Waals surface area (Å²) in [4.78, 5) is 21.2. The Morgan fingerprint density at radius 2 is 1.61 bits per heavy atom. The lowest BCUT2D eigenvalue weighted by atomic mass is 10.2. The van der Waals surface area contributed by atoms with Gasteiger partial charge in [-0.1, -0.05) is 41.9 Å². The van der Waals surface area contributed by atoms with Crippen LogP contribution < -0.4 is 15.5 Å². The molecule has 0 bridgehead atoms. The fraction of sp³-hybridized carbons (Fsp3) is 0.333. The lowest BCUT2D eigenvalue weighted by molar-refractivity contribution is 0.0954. The SMILES string of the molecule is CN=C(NCCNC(=O)c1ccccc1Cl)N1CCN(c2ccccc2)CC1. The number of carbonyl (C=O) groups is 1. The molecule has 6 nitrogen and oxygen atoms in total. The average molecular weight is 400 g/mol. The van der Waals surface area contributed by atoms with Gasteiger partial charge in [-0.2, -0.15) is 0 Å². The number of aliphatic imine (C=N–C) groups is 1. The molecule has 0 aliphatic carbocycles. The predicted molar refractivity (Wildman–Crippen MR) is 115 cm³/mol. The Hall–Kier alpha value is -2.73. The van der Waals surface area contributed by atoms with Crippen LogP contribution in [0.3, 0.4) is 0 Å². The summed E-state index contributed by atoms with van der Waals surface area (Å²) in [6.07, 6.45) is 0. The third kappa shape index (κ3) is 5.16. The highest BCUT2D eigenvalue weighted by Gasteiger charge is 2.19. The summed E-state index contributed by atoms with van der Waals surface area (Å²) in [6.45, 7) is 4.80. The number of anilines is 1. The molecule has 148 valence electrons. The maximum Gasteiger partial charge on any atom is 0.252 e. The Morgan fingerprint density at radius 3 is 2.29 bits per heavy atom. The minimum atomic E-state index is -0.168. The molecule has 2 aromatic carbocycles. The van der Waals surface area contributed by atoms with E-state index in [1.807, 2.05) is 12.1 Å². The molecule has 0 aromatic heterocycles. The van der Waals surface area contributed by atoms with Gasteiger partial charge in [0.25, 0.3) is 5.91 Å². The number of hydrogen-bond acceptors (Lipinski definition) is 3. The van der Waals surface area contributed by atoms with Crippen molar-refractivity contribution in [3.05, 3.63) is 65.2 Å². The van der Waals surface area contributed by atoms with E-state index in [2.05, 4.69) is 49.7 Å². The molecule has 1 amide bonds. The quantitative estimate of drug-likeness (QED) is 0.460. The fourth-order valence-corrected chi connectivity index (χ4v) is 3.46. The van der Waals surface area contributed by atoms with Crippen molar-refractivity contribution in [2.45, 2.75) is 0 Å². The van der Waals surface area contributed by atoms with Crippen molar-refractivity contribution in [2.75, 3.05) is 51.2 Å². The highest BCUT2D eigenvalue weighted by molar-refractivity contribution is 6.33. The van der Waals surface area contributed by atoms with Gasteiger partial charge in [0.1, 0.15) is 0 Å². The number of piperazine rings is 1. The van der Waals surface area contributed by atoms with Gasteiger partial charge in [-0.25, -0.2) is 0 Å². The van der Waals surface area contributed by atoms with Crippen LogP contribution in [-0.4, -0.2) is 63.1 Å². The van der Waals surface area contributed by atoms with E-state index in [9.17, 15) is 4.79 Å². The molecule has 0 radical (unpaired) electrons. The van der Waals surface area contributed by atoms with Crippen LogP contribution in [0.5, 0.6) is 0 Å². The van der Waals surface area contributed by atoms with Crippen LogP contribution >= 0.6 is 11.6 Å². The summed E-state index contributed by atoms with van der Waals surface area (Å²) in [7, 11) is 1.79. The highest BCUT2D eigenvalue weighted by atomic mass is 35.5. The van der Waals surface area contributed by atoms with Gasteiger partial charge in [-0.15, -0.1) is 0 Å². The Kier molecular flexibility index (Phi) is 7.14.